The third kappa shape index (κ3) is 3.34. The molecule has 0 spiro atoms. The van der Waals surface area contributed by atoms with Crippen molar-refractivity contribution in [2.45, 2.75) is 30.7 Å². The highest BCUT2D eigenvalue weighted by atomic mass is 32.2. The number of benzene rings is 1. The Morgan fingerprint density at radius 2 is 1.92 bits per heavy atom. The molecular formula is C16H19N3O4S. The van der Waals surface area contributed by atoms with Gasteiger partial charge in [0.2, 0.25) is 10.0 Å². The van der Waals surface area contributed by atoms with E-state index < -0.39 is 10.0 Å². The van der Waals surface area contributed by atoms with Crippen molar-refractivity contribution in [3.63, 3.8) is 0 Å². The maximum atomic E-state index is 12.6. The highest BCUT2D eigenvalue weighted by Gasteiger charge is 2.30. The molecule has 3 rings (SSSR count). The smallest absolute Gasteiger partial charge is 0.273 e. The summed E-state index contributed by atoms with van der Waals surface area (Å²) in [7, 11) is -3.47. The van der Waals surface area contributed by atoms with E-state index in [1.165, 1.54) is 10.7 Å². The molecule has 0 unspecified atom stereocenters. The Kier molecular flexibility index (Phi) is 4.68. The fraction of sp³-hybridized carbons (Fsp3) is 0.375. The van der Waals surface area contributed by atoms with E-state index in [0.717, 1.165) is 0 Å². The second kappa shape index (κ2) is 6.74. The highest BCUT2D eigenvalue weighted by Crippen LogP contribution is 2.20. The number of aryl methyl sites for hydroxylation is 1. The average molecular weight is 349 g/mol. The van der Waals surface area contributed by atoms with Crippen LogP contribution in [-0.2, 0) is 10.0 Å². The summed E-state index contributed by atoms with van der Waals surface area (Å²) in [4.78, 5) is 16.3. The lowest BCUT2D eigenvalue weighted by atomic mass is 10.1. The number of carbonyl (C=O) groups is 1. The molecule has 128 valence electrons. The summed E-state index contributed by atoms with van der Waals surface area (Å²) in [5, 5.41) is 2.89. The van der Waals surface area contributed by atoms with Crippen LogP contribution >= 0.6 is 0 Å². The van der Waals surface area contributed by atoms with Crippen LogP contribution in [0.2, 0.25) is 0 Å². The van der Waals surface area contributed by atoms with Gasteiger partial charge in [0.25, 0.3) is 5.91 Å². The number of aromatic nitrogens is 1. The first-order valence-electron chi connectivity index (χ1n) is 7.74. The minimum absolute atomic E-state index is 0.0733. The van der Waals surface area contributed by atoms with Crippen molar-refractivity contribution in [1.29, 1.82) is 0 Å². The second-order valence-electron chi connectivity index (χ2n) is 5.72. The van der Waals surface area contributed by atoms with Crippen LogP contribution in [0.25, 0.3) is 0 Å². The number of nitrogens with zero attached hydrogens (tertiary/aromatic N) is 2. The molecular weight excluding hydrogens is 330 g/mol. The van der Waals surface area contributed by atoms with Crippen molar-refractivity contribution in [2.75, 3.05) is 13.1 Å². The van der Waals surface area contributed by atoms with Gasteiger partial charge >= 0.3 is 0 Å². The topological polar surface area (TPSA) is 92.5 Å². The molecule has 24 heavy (non-hydrogen) atoms. The summed E-state index contributed by atoms with van der Waals surface area (Å²) < 4.78 is 31.6. The predicted molar refractivity (Wildman–Crippen MR) is 86.9 cm³/mol. The first-order chi connectivity index (χ1) is 11.5. The summed E-state index contributed by atoms with van der Waals surface area (Å²) in [6.45, 7) is 2.43. The average Bonchev–Trinajstić information content (AvgIpc) is 3.02. The Bertz CT molecular complexity index is 809. The molecule has 0 atom stereocenters. The van der Waals surface area contributed by atoms with Gasteiger partial charge in [0, 0.05) is 19.1 Å². The largest absolute Gasteiger partial charge is 0.448 e. The van der Waals surface area contributed by atoms with E-state index in [4.69, 9.17) is 4.42 Å². The number of nitrogens with one attached hydrogen (secondary N) is 1. The molecule has 8 heteroatoms. The van der Waals surface area contributed by atoms with Gasteiger partial charge in [-0.1, -0.05) is 18.2 Å². The first-order valence-corrected chi connectivity index (χ1v) is 9.18. The van der Waals surface area contributed by atoms with Crippen LogP contribution in [0.1, 0.15) is 29.1 Å². The predicted octanol–water partition coefficient (Wildman–Crippen LogP) is 1.57. The van der Waals surface area contributed by atoms with E-state index in [0.29, 0.717) is 36.6 Å². The van der Waals surface area contributed by atoms with E-state index in [-0.39, 0.29) is 17.6 Å². The molecule has 1 aliphatic heterocycles. The molecule has 1 amide bonds. The van der Waals surface area contributed by atoms with E-state index in [2.05, 4.69) is 10.3 Å². The minimum Gasteiger partial charge on any atom is -0.448 e. The molecule has 0 aliphatic carbocycles. The van der Waals surface area contributed by atoms with E-state index in [1.807, 2.05) is 0 Å². The Hall–Kier alpha value is -2.19. The quantitative estimate of drug-likeness (QED) is 0.904. The van der Waals surface area contributed by atoms with Gasteiger partial charge < -0.3 is 9.73 Å². The van der Waals surface area contributed by atoms with Crippen molar-refractivity contribution < 1.29 is 17.6 Å². The van der Waals surface area contributed by atoms with Crippen LogP contribution in [0.4, 0.5) is 0 Å². The van der Waals surface area contributed by atoms with Crippen LogP contribution in [0.15, 0.2) is 46.0 Å². The van der Waals surface area contributed by atoms with Crippen LogP contribution in [0.3, 0.4) is 0 Å². The van der Waals surface area contributed by atoms with Gasteiger partial charge in [-0.15, -0.1) is 0 Å². The van der Waals surface area contributed by atoms with E-state index >= 15 is 0 Å². The van der Waals surface area contributed by atoms with E-state index in [1.54, 1.807) is 37.3 Å². The van der Waals surface area contributed by atoms with Gasteiger partial charge in [0.15, 0.2) is 12.1 Å². The molecule has 1 aromatic carbocycles. The lowest BCUT2D eigenvalue weighted by Gasteiger charge is -2.31. The molecule has 1 aromatic heterocycles. The lowest BCUT2D eigenvalue weighted by Crippen LogP contribution is -2.46. The number of hydrogen-bond acceptors (Lipinski definition) is 5. The minimum atomic E-state index is -3.47. The molecule has 2 heterocycles. The molecule has 7 nitrogen and oxygen atoms in total. The van der Waals surface area contributed by atoms with Crippen molar-refractivity contribution in [2.24, 2.45) is 0 Å². The SMILES string of the molecule is Cc1ocnc1C(=O)NC1CCN(S(=O)(=O)c2ccccc2)CC1. The van der Waals surface area contributed by atoms with Crippen molar-refractivity contribution in [1.82, 2.24) is 14.6 Å². The maximum Gasteiger partial charge on any atom is 0.273 e. The van der Waals surface area contributed by atoms with Gasteiger partial charge in [-0.05, 0) is 31.9 Å². The molecule has 0 saturated carbocycles. The molecule has 1 saturated heterocycles. The number of piperidine rings is 1. The Balaban J connectivity index is 1.60. The molecule has 1 fully saturated rings. The first kappa shape index (κ1) is 16.7. The van der Waals surface area contributed by atoms with Gasteiger partial charge in [0.05, 0.1) is 4.90 Å². The Labute approximate surface area is 140 Å². The van der Waals surface area contributed by atoms with Crippen LogP contribution < -0.4 is 5.32 Å². The van der Waals surface area contributed by atoms with Crippen LogP contribution in [0, 0.1) is 6.92 Å². The van der Waals surface area contributed by atoms with Crippen molar-refractivity contribution in [3.05, 3.63) is 48.2 Å². The normalized spacial score (nSPS) is 16.9. The van der Waals surface area contributed by atoms with Crippen molar-refractivity contribution >= 4 is 15.9 Å². The van der Waals surface area contributed by atoms with Crippen LogP contribution in [0.5, 0.6) is 0 Å². The molecule has 1 aliphatic rings. The Morgan fingerprint density at radius 1 is 1.25 bits per heavy atom. The van der Waals surface area contributed by atoms with Crippen LogP contribution in [-0.4, -0.2) is 42.7 Å². The zero-order chi connectivity index (χ0) is 17.2. The summed E-state index contributed by atoms with van der Waals surface area (Å²) in [6, 6.07) is 8.32. The lowest BCUT2D eigenvalue weighted by molar-refractivity contribution is 0.0918. The molecule has 1 N–H and O–H groups in total. The summed E-state index contributed by atoms with van der Waals surface area (Å²) >= 11 is 0. The van der Waals surface area contributed by atoms with Gasteiger partial charge in [-0.3, -0.25) is 4.79 Å². The second-order valence-corrected chi connectivity index (χ2v) is 7.66. The number of sulfonamides is 1. The standard InChI is InChI=1S/C16H19N3O4S/c1-12-15(17-11-23-12)16(20)18-13-7-9-19(10-8-13)24(21,22)14-5-3-2-4-6-14/h2-6,11,13H,7-10H2,1H3,(H,18,20). The van der Waals surface area contributed by atoms with Gasteiger partial charge in [0.1, 0.15) is 5.76 Å². The maximum absolute atomic E-state index is 12.6. The summed E-state index contributed by atoms with van der Waals surface area (Å²) in [6.07, 6.45) is 2.36. The monoisotopic (exact) mass is 349 g/mol. The zero-order valence-electron chi connectivity index (χ0n) is 13.3. The number of carbonyl (C=O) groups excluding carboxylic acids is 1. The van der Waals surface area contributed by atoms with Gasteiger partial charge in [-0.2, -0.15) is 4.31 Å². The molecule has 0 bridgehead atoms. The van der Waals surface area contributed by atoms with E-state index in [9.17, 15) is 13.2 Å². The summed E-state index contributed by atoms with van der Waals surface area (Å²) in [5.74, 6) is 0.183. The fourth-order valence-corrected chi connectivity index (χ4v) is 4.25. The number of amides is 1. The third-order valence-electron chi connectivity index (χ3n) is 4.13. The molecule has 0 radical (unpaired) electrons. The zero-order valence-corrected chi connectivity index (χ0v) is 14.1. The number of rotatable bonds is 4. The van der Waals surface area contributed by atoms with Crippen molar-refractivity contribution in [3.8, 4) is 0 Å². The fourth-order valence-electron chi connectivity index (χ4n) is 2.76. The highest BCUT2D eigenvalue weighted by molar-refractivity contribution is 7.89. The third-order valence-corrected chi connectivity index (χ3v) is 6.04. The Morgan fingerprint density at radius 3 is 2.50 bits per heavy atom. The number of oxazole rings is 1. The number of hydrogen-bond donors (Lipinski definition) is 1. The summed E-state index contributed by atoms with van der Waals surface area (Å²) in [5.41, 5.74) is 0.273. The molecule has 2 aromatic rings. The van der Waals surface area contributed by atoms with Gasteiger partial charge in [-0.25, -0.2) is 13.4 Å².